The molecule has 0 N–H and O–H groups in total. The number of rotatable bonds is 6. The fraction of sp³-hybridized carbons (Fsp3) is 0.846. The van der Waals surface area contributed by atoms with E-state index in [4.69, 9.17) is 9.31 Å². The lowest BCUT2D eigenvalue weighted by Crippen LogP contribution is -2.42. The number of amides is 2. The van der Waals surface area contributed by atoms with Gasteiger partial charge in [-0.3, -0.25) is 9.59 Å². The Bertz CT molecular complexity index is 349. The van der Waals surface area contributed by atoms with Gasteiger partial charge in [-0.1, -0.05) is 19.8 Å². The first-order valence-corrected chi connectivity index (χ1v) is 7.09. The maximum absolute atomic E-state index is 12.1. The Hall–Kier alpha value is -1.08. The Labute approximate surface area is 121 Å². The molecule has 0 saturated carbocycles. The monoisotopic (exact) mass is 284 g/mol. The van der Waals surface area contributed by atoms with Crippen LogP contribution in [-0.2, 0) is 18.9 Å². The molecule has 0 radical (unpaired) electrons. The van der Waals surface area contributed by atoms with Crippen LogP contribution in [0, 0.1) is 0 Å². The van der Waals surface area contributed by atoms with Gasteiger partial charge in [-0.15, -0.1) is 0 Å². The van der Waals surface area contributed by atoms with Crippen molar-refractivity contribution in [2.24, 2.45) is 0 Å². The molecule has 1 unspecified atom stereocenters. The van der Waals surface area contributed by atoms with E-state index < -0.39 is 12.2 Å². The summed E-state index contributed by atoms with van der Waals surface area (Å²) in [5.41, 5.74) is 0. The van der Waals surface area contributed by atoms with Crippen LogP contribution in [0.2, 0.25) is 6.32 Å². The van der Waals surface area contributed by atoms with Gasteiger partial charge in [0.05, 0.1) is 12.5 Å². The van der Waals surface area contributed by atoms with E-state index in [-0.39, 0.29) is 25.4 Å². The Balaban J connectivity index is 2.70. The number of nitrogens with zero attached hydrogens (tertiary/aromatic N) is 2. The molecule has 6 nitrogen and oxygen atoms in total. The van der Waals surface area contributed by atoms with Crippen LogP contribution in [0.4, 0.5) is 0 Å². The minimum atomic E-state index is -0.684. The van der Waals surface area contributed by atoms with Crippen LogP contribution in [-0.4, -0.2) is 69.1 Å². The van der Waals surface area contributed by atoms with Crippen LogP contribution < -0.4 is 0 Å². The Kier molecular flexibility index (Phi) is 6.49. The maximum Gasteiger partial charge on any atom is 0.457 e. The first kappa shape index (κ1) is 17.0. The molecule has 0 bridgehead atoms. The third kappa shape index (κ3) is 4.49. The molecule has 114 valence electrons. The molecule has 0 spiro atoms. The van der Waals surface area contributed by atoms with E-state index in [1.54, 1.807) is 28.2 Å². The molecule has 7 heteroatoms. The van der Waals surface area contributed by atoms with Gasteiger partial charge in [0.25, 0.3) is 5.91 Å². The topological polar surface area (TPSA) is 59.1 Å². The van der Waals surface area contributed by atoms with Crippen molar-refractivity contribution in [2.45, 2.75) is 44.7 Å². The van der Waals surface area contributed by atoms with E-state index in [9.17, 15) is 9.59 Å². The zero-order valence-electron chi connectivity index (χ0n) is 13.1. The van der Waals surface area contributed by atoms with Crippen molar-refractivity contribution in [3.05, 3.63) is 0 Å². The van der Waals surface area contributed by atoms with Crippen LogP contribution in [0.1, 0.15) is 26.2 Å². The zero-order valence-corrected chi connectivity index (χ0v) is 13.1. The number of likely N-dealkylation sites (N-methyl/N-ethyl adjacent to an activating group) is 1. The van der Waals surface area contributed by atoms with Gasteiger partial charge in [0.15, 0.2) is 0 Å². The summed E-state index contributed by atoms with van der Waals surface area (Å²) >= 11 is 0. The van der Waals surface area contributed by atoms with E-state index in [0.717, 1.165) is 19.2 Å². The summed E-state index contributed by atoms with van der Waals surface area (Å²) in [4.78, 5) is 26.9. The minimum Gasteiger partial charge on any atom is -0.405 e. The first-order chi connectivity index (χ1) is 9.36. The predicted octanol–water partition coefficient (Wildman–Crippen LogP) is 0.625. The van der Waals surface area contributed by atoms with Crippen molar-refractivity contribution in [1.82, 2.24) is 9.80 Å². The highest BCUT2D eigenvalue weighted by molar-refractivity contribution is 6.45. The second-order valence-corrected chi connectivity index (χ2v) is 5.53. The van der Waals surface area contributed by atoms with E-state index in [2.05, 4.69) is 6.92 Å². The van der Waals surface area contributed by atoms with Gasteiger partial charge >= 0.3 is 7.12 Å². The third-order valence-electron chi connectivity index (χ3n) is 3.31. The molecule has 0 aliphatic carbocycles. The van der Waals surface area contributed by atoms with Crippen LogP contribution in [0.3, 0.4) is 0 Å². The van der Waals surface area contributed by atoms with Gasteiger partial charge in [0, 0.05) is 28.2 Å². The molecular formula is C13H25BN2O4. The fourth-order valence-corrected chi connectivity index (χ4v) is 2.04. The van der Waals surface area contributed by atoms with Gasteiger partial charge < -0.3 is 19.1 Å². The van der Waals surface area contributed by atoms with Gasteiger partial charge in [-0.25, -0.2) is 0 Å². The molecule has 1 heterocycles. The van der Waals surface area contributed by atoms with Gasteiger partial charge in [-0.05, 0) is 6.32 Å². The van der Waals surface area contributed by atoms with Gasteiger partial charge in [0.2, 0.25) is 5.91 Å². The fourth-order valence-electron chi connectivity index (χ4n) is 2.04. The number of unbranched alkanes of at least 4 members (excludes halogenated alkanes) is 1. The van der Waals surface area contributed by atoms with Crippen molar-refractivity contribution in [2.75, 3.05) is 28.2 Å². The zero-order chi connectivity index (χ0) is 15.3. The molecule has 1 rings (SSSR count). The Morgan fingerprint density at radius 2 is 1.75 bits per heavy atom. The largest absolute Gasteiger partial charge is 0.457 e. The van der Waals surface area contributed by atoms with E-state index in [1.165, 1.54) is 9.80 Å². The van der Waals surface area contributed by atoms with Crippen molar-refractivity contribution >= 4 is 18.9 Å². The molecule has 0 aromatic rings. The lowest BCUT2D eigenvalue weighted by molar-refractivity contribution is -0.138. The molecule has 2 amide bonds. The molecule has 0 aromatic heterocycles. The van der Waals surface area contributed by atoms with Crippen LogP contribution in [0.5, 0.6) is 0 Å². The molecule has 20 heavy (non-hydrogen) atoms. The van der Waals surface area contributed by atoms with Gasteiger partial charge in [-0.2, -0.15) is 0 Å². The second kappa shape index (κ2) is 7.64. The SMILES string of the molecule is CCCCB1OC(CC(=O)N(C)C)[C@@H](C(=O)N(C)C)O1. The highest BCUT2D eigenvalue weighted by Crippen LogP contribution is 2.24. The second-order valence-electron chi connectivity index (χ2n) is 5.53. The summed E-state index contributed by atoms with van der Waals surface area (Å²) < 4.78 is 11.4. The molecule has 0 aromatic carbocycles. The number of hydrogen-bond donors (Lipinski definition) is 0. The summed E-state index contributed by atoms with van der Waals surface area (Å²) in [5.74, 6) is -0.216. The molecule has 1 fully saturated rings. The van der Waals surface area contributed by atoms with Crippen molar-refractivity contribution in [3.63, 3.8) is 0 Å². The number of carbonyl (C=O) groups excluding carboxylic acids is 2. The standard InChI is InChI=1S/C13H25BN2O4/c1-6-7-8-14-19-10(9-11(17)15(2)3)12(20-14)13(18)16(4)5/h10,12H,6-9H2,1-5H3/t10?,12-/m0/s1. The van der Waals surface area contributed by atoms with Crippen LogP contribution in [0.15, 0.2) is 0 Å². The molecule has 1 aliphatic heterocycles. The van der Waals surface area contributed by atoms with E-state index in [1.807, 2.05) is 0 Å². The van der Waals surface area contributed by atoms with Crippen molar-refractivity contribution in [3.8, 4) is 0 Å². The third-order valence-corrected chi connectivity index (χ3v) is 3.31. The average Bonchev–Trinajstić information content (AvgIpc) is 2.78. The lowest BCUT2D eigenvalue weighted by atomic mass is 9.83. The molecule has 1 saturated heterocycles. The van der Waals surface area contributed by atoms with E-state index >= 15 is 0 Å². The average molecular weight is 284 g/mol. The summed E-state index contributed by atoms with van der Waals surface area (Å²) in [6.45, 7) is 2.09. The van der Waals surface area contributed by atoms with Gasteiger partial charge in [0.1, 0.15) is 6.10 Å². The van der Waals surface area contributed by atoms with Crippen LogP contribution >= 0.6 is 0 Å². The number of hydrogen-bond acceptors (Lipinski definition) is 4. The van der Waals surface area contributed by atoms with Crippen molar-refractivity contribution in [1.29, 1.82) is 0 Å². The summed E-state index contributed by atoms with van der Waals surface area (Å²) in [7, 11) is 6.35. The normalized spacial score (nSPS) is 21.9. The van der Waals surface area contributed by atoms with Crippen LogP contribution in [0.25, 0.3) is 0 Å². The maximum atomic E-state index is 12.1. The minimum absolute atomic E-state index is 0.0636. The quantitative estimate of drug-likeness (QED) is 0.671. The van der Waals surface area contributed by atoms with E-state index in [0.29, 0.717) is 0 Å². The molecular weight excluding hydrogens is 259 g/mol. The summed E-state index contributed by atoms with van der Waals surface area (Å²) in [5, 5.41) is 0. The Morgan fingerprint density at radius 3 is 2.25 bits per heavy atom. The van der Waals surface area contributed by atoms with Crippen molar-refractivity contribution < 1.29 is 18.9 Å². The summed E-state index contributed by atoms with van der Waals surface area (Å²) in [6.07, 6.45) is 1.75. The predicted molar refractivity (Wildman–Crippen MR) is 77.2 cm³/mol. The highest BCUT2D eigenvalue weighted by atomic mass is 16.7. The lowest BCUT2D eigenvalue weighted by Gasteiger charge is -2.21. The highest BCUT2D eigenvalue weighted by Gasteiger charge is 2.44. The smallest absolute Gasteiger partial charge is 0.405 e. The Morgan fingerprint density at radius 1 is 1.10 bits per heavy atom. The number of carbonyl (C=O) groups is 2. The summed E-state index contributed by atoms with van der Waals surface area (Å²) in [6, 6.07) is 0. The first-order valence-electron chi connectivity index (χ1n) is 7.09. The molecule has 2 atom stereocenters. The molecule has 1 aliphatic rings.